The summed E-state index contributed by atoms with van der Waals surface area (Å²) >= 11 is 0. The van der Waals surface area contributed by atoms with E-state index in [-0.39, 0.29) is 11.3 Å². The molecule has 1 N–H and O–H groups in total. The van der Waals surface area contributed by atoms with Crippen molar-refractivity contribution in [1.29, 1.82) is 0 Å². The van der Waals surface area contributed by atoms with Gasteiger partial charge in [-0.3, -0.25) is 4.57 Å². The molecule has 2 aromatic rings. The Balaban J connectivity index is 1.85. The molecule has 0 amide bonds. The molecule has 0 saturated carbocycles. The Morgan fingerprint density at radius 1 is 1.35 bits per heavy atom. The molecule has 0 fully saturated rings. The minimum atomic E-state index is -0.989. The van der Waals surface area contributed by atoms with Crippen LogP contribution in [0, 0.1) is 0 Å². The first-order chi connectivity index (χ1) is 9.66. The Hall–Kier alpha value is -2.63. The van der Waals surface area contributed by atoms with Crippen molar-refractivity contribution in [1.82, 2.24) is 9.55 Å². The molecule has 0 bridgehead atoms. The predicted molar refractivity (Wildman–Crippen MR) is 72.0 cm³/mol. The number of aromatic nitrogens is 2. The number of carboxylic acids is 1. The average molecular weight is 274 g/mol. The van der Waals surface area contributed by atoms with Gasteiger partial charge in [0.25, 0.3) is 0 Å². The van der Waals surface area contributed by atoms with Crippen molar-refractivity contribution in [3.8, 4) is 5.75 Å². The number of aryl methyl sites for hydroxylation is 1. The van der Waals surface area contributed by atoms with Gasteiger partial charge in [0.1, 0.15) is 5.75 Å². The van der Waals surface area contributed by atoms with Crippen LogP contribution in [0.15, 0.2) is 47.5 Å². The van der Waals surface area contributed by atoms with Crippen LogP contribution in [-0.4, -0.2) is 27.2 Å². The minimum Gasteiger partial charge on any atom is -0.494 e. The van der Waals surface area contributed by atoms with Crippen molar-refractivity contribution in [3.63, 3.8) is 0 Å². The zero-order valence-electron chi connectivity index (χ0n) is 10.7. The van der Waals surface area contributed by atoms with Crippen LogP contribution >= 0.6 is 0 Å². The zero-order chi connectivity index (χ0) is 14.4. The smallest absolute Gasteiger partial charge is 0.347 e. The predicted octanol–water partition coefficient (Wildman–Crippen LogP) is 1.41. The van der Waals surface area contributed by atoms with E-state index in [1.807, 2.05) is 0 Å². The van der Waals surface area contributed by atoms with E-state index in [2.05, 4.69) is 4.98 Å². The quantitative estimate of drug-likeness (QED) is 0.805. The Labute approximate surface area is 115 Å². The maximum absolute atomic E-state index is 11.3. The van der Waals surface area contributed by atoms with Crippen LogP contribution in [-0.2, 0) is 6.54 Å². The summed E-state index contributed by atoms with van der Waals surface area (Å²) in [5.41, 5.74) is -0.105. The summed E-state index contributed by atoms with van der Waals surface area (Å²) in [6.07, 6.45) is 3.75. The number of rotatable bonds is 6. The molecular formula is C14H14N2O4. The van der Waals surface area contributed by atoms with E-state index in [1.54, 1.807) is 24.4 Å². The molecule has 0 radical (unpaired) electrons. The third-order valence-electron chi connectivity index (χ3n) is 2.68. The van der Waals surface area contributed by atoms with Gasteiger partial charge in [-0.05, 0) is 30.7 Å². The molecule has 2 rings (SSSR count). The molecule has 0 aliphatic carbocycles. The first-order valence-corrected chi connectivity index (χ1v) is 6.14. The summed E-state index contributed by atoms with van der Waals surface area (Å²) in [7, 11) is 0. The molecule has 0 aliphatic rings. The first kappa shape index (κ1) is 13.8. The Kier molecular flexibility index (Phi) is 4.49. The summed E-state index contributed by atoms with van der Waals surface area (Å²) in [6, 6.07) is 7.99. The Morgan fingerprint density at radius 2 is 2.20 bits per heavy atom. The molecule has 0 spiro atoms. The maximum atomic E-state index is 11.3. The lowest BCUT2D eigenvalue weighted by molar-refractivity contribution is 0.0696. The normalized spacial score (nSPS) is 10.2. The molecule has 1 aromatic heterocycles. The van der Waals surface area contributed by atoms with Gasteiger partial charge >= 0.3 is 11.7 Å². The maximum Gasteiger partial charge on any atom is 0.347 e. The molecule has 104 valence electrons. The second-order valence-electron chi connectivity index (χ2n) is 4.13. The zero-order valence-corrected chi connectivity index (χ0v) is 10.7. The highest BCUT2D eigenvalue weighted by Crippen LogP contribution is 2.13. The molecule has 1 heterocycles. The number of hydrogen-bond acceptors (Lipinski definition) is 4. The van der Waals surface area contributed by atoms with Gasteiger partial charge in [-0.1, -0.05) is 6.07 Å². The van der Waals surface area contributed by atoms with Gasteiger partial charge in [0.2, 0.25) is 0 Å². The third kappa shape index (κ3) is 3.68. The highest BCUT2D eigenvalue weighted by molar-refractivity contribution is 5.87. The highest BCUT2D eigenvalue weighted by atomic mass is 16.5. The Bertz CT molecular complexity index is 651. The molecule has 0 aliphatic heterocycles. The van der Waals surface area contributed by atoms with Crippen molar-refractivity contribution in [2.45, 2.75) is 13.0 Å². The lowest BCUT2D eigenvalue weighted by atomic mass is 10.2. The van der Waals surface area contributed by atoms with Crippen LogP contribution in [0.3, 0.4) is 0 Å². The number of carbonyl (C=O) groups is 1. The van der Waals surface area contributed by atoms with Crippen LogP contribution in [0.1, 0.15) is 16.8 Å². The van der Waals surface area contributed by atoms with Crippen molar-refractivity contribution >= 4 is 5.97 Å². The SMILES string of the molecule is O=C(O)c1cccc(OCCCn2cccnc2=O)c1. The van der Waals surface area contributed by atoms with E-state index < -0.39 is 5.97 Å². The lowest BCUT2D eigenvalue weighted by Gasteiger charge is -2.07. The van der Waals surface area contributed by atoms with Gasteiger partial charge < -0.3 is 9.84 Å². The fourth-order valence-electron chi connectivity index (χ4n) is 1.70. The van der Waals surface area contributed by atoms with Crippen LogP contribution in [0.2, 0.25) is 0 Å². The number of ether oxygens (including phenoxy) is 1. The number of aromatic carboxylic acids is 1. The molecule has 1 aromatic carbocycles. The summed E-state index contributed by atoms with van der Waals surface area (Å²) < 4.78 is 6.96. The molecule has 6 heteroatoms. The number of carboxylic acid groups (broad SMARTS) is 1. The first-order valence-electron chi connectivity index (χ1n) is 6.14. The molecule has 0 saturated heterocycles. The van der Waals surface area contributed by atoms with Crippen molar-refractivity contribution in [3.05, 3.63) is 58.8 Å². The molecule has 0 unspecified atom stereocenters. The van der Waals surface area contributed by atoms with Crippen LogP contribution in [0.5, 0.6) is 5.75 Å². The standard InChI is InChI=1S/C14H14N2O4/c17-13(18)11-4-1-5-12(10-11)20-9-3-8-16-7-2-6-15-14(16)19/h1-2,4-7,10H,3,8-9H2,(H,17,18). The highest BCUT2D eigenvalue weighted by Gasteiger charge is 2.03. The number of nitrogens with zero attached hydrogens (tertiary/aromatic N) is 2. The van der Waals surface area contributed by atoms with Crippen LogP contribution in [0.25, 0.3) is 0 Å². The minimum absolute atomic E-state index is 0.186. The second-order valence-corrected chi connectivity index (χ2v) is 4.13. The van der Waals surface area contributed by atoms with Crippen LogP contribution in [0.4, 0.5) is 0 Å². The summed E-state index contributed by atoms with van der Waals surface area (Å²) in [6.45, 7) is 0.899. The number of hydrogen-bond donors (Lipinski definition) is 1. The van der Waals surface area contributed by atoms with Gasteiger partial charge in [0.15, 0.2) is 0 Å². The summed E-state index contributed by atoms with van der Waals surface area (Å²) in [4.78, 5) is 25.8. The van der Waals surface area contributed by atoms with E-state index >= 15 is 0 Å². The summed E-state index contributed by atoms with van der Waals surface area (Å²) in [5.74, 6) is -0.485. The van der Waals surface area contributed by atoms with Crippen LogP contribution < -0.4 is 10.4 Å². The molecular weight excluding hydrogens is 260 g/mol. The van der Waals surface area contributed by atoms with Crippen molar-refractivity contribution < 1.29 is 14.6 Å². The number of benzene rings is 1. The van der Waals surface area contributed by atoms with Gasteiger partial charge in [-0.15, -0.1) is 0 Å². The second kappa shape index (κ2) is 6.51. The van der Waals surface area contributed by atoms with Gasteiger partial charge in [-0.25, -0.2) is 14.6 Å². The molecule has 0 atom stereocenters. The summed E-state index contributed by atoms with van der Waals surface area (Å²) in [5, 5.41) is 8.86. The molecule has 20 heavy (non-hydrogen) atoms. The monoisotopic (exact) mass is 274 g/mol. The van der Waals surface area contributed by atoms with E-state index in [0.29, 0.717) is 25.3 Å². The fraction of sp³-hybridized carbons (Fsp3) is 0.214. The van der Waals surface area contributed by atoms with E-state index in [1.165, 1.54) is 22.9 Å². The fourth-order valence-corrected chi connectivity index (χ4v) is 1.70. The largest absolute Gasteiger partial charge is 0.494 e. The van der Waals surface area contributed by atoms with Crippen molar-refractivity contribution in [2.75, 3.05) is 6.61 Å². The van der Waals surface area contributed by atoms with E-state index in [4.69, 9.17) is 9.84 Å². The van der Waals surface area contributed by atoms with Gasteiger partial charge in [0, 0.05) is 18.9 Å². The van der Waals surface area contributed by atoms with Gasteiger partial charge in [-0.2, -0.15) is 0 Å². The Morgan fingerprint density at radius 3 is 2.95 bits per heavy atom. The lowest BCUT2D eigenvalue weighted by Crippen LogP contribution is -2.22. The third-order valence-corrected chi connectivity index (χ3v) is 2.68. The van der Waals surface area contributed by atoms with Crippen molar-refractivity contribution in [2.24, 2.45) is 0 Å². The molecule has 6 nitrogen and oxygen atoms in total. The van der Waals surface area contributed by atoms with E-state index in [0.717, 1.165) is 0 Å². The van der Waals surface area contributed by atoms with Gasteiger partial charge in [0.05, 0.1) is 12.2 Å². The topological polar surface area (TPSA) is 81.4 Å². The van der Waals surface area contributed by atoms with E-state index in [9.17, 15) is 9.59 Å². The average Bonchev–Trinajstić information content (AvgIpc) is 2.45.